The fraction of sp³-hybridized carbons (Fsp3) is 0.316. The summed E-state index contributed by atoms with van der Waals surface area (Å²) in [6.07, 6.45) is 0. The van der Waals surface area contributed by atoms with Gasteiger partial charge in [0.2, 0.25) is 0 Å². The summed E-state index contributed by atoms with van der Waals surface area (Å²) in [5.41, 5.74) is 3.58. The molecular formula is C19H26ClIN4. The molecule has 0 fully saturated rings. The van der Waals surface area contributed by atoms with Gasteiger partial charge in [0.05, 0.1) is 0 Å². The van der Waals surface area contributed by atoms with Gasteiger partial charge in [-0.3, -0.25) is 4.99 Å². The van der Waals surface area contributed by atoms with Crippen LogP contribution in [-0.4, -0.2) is 32.0 Å². The van der Waals surface area contributed by atoms with E-state index in [0.29, 0.717) is 6.54 Å². The zero-order valence-electron chi connectivity index (χ0n) is 14.9. The van der Waals surface area contributed by atoms with Crippen LogP contribution in [0.5, 0.6) is 0 Å². The second kappa shape index (κ2) is 11.3. The lowest BCUT2D eigenvalue weighted by atomic mass is 10.1. The van der Waals surface area contributed by atoms with Crippen molar-refractivity contribution in [2.75, 3.05) is 21.1 Å². The van der Waals surface area contributed by atoms with Crippen LogP contribution in [0.2, 0.25) is 5.02 Å². The zero-order chi connectivity index (χ0) is 17.4. The maximum atomic E-state index is 6.17. The molecule has 0 amide bonds. The number of aliphatic imine (C=N–C) groups is 1. The van der Waals surface area contributed by atoms with E-state index in [2.05, 4.69) is 58.9 Å². The maximum Gasteiger partial charge on any atom is 0.191 e. The molecule has 0 saturated carbocycles. The smallest absolute Gasteiger partial charge is 0.191 e. The molecule has 0 radical (unpaired) electrons. The Morgan fingerprint density at radius 1 is 0.960 bits per heavy atom. The van der Waals surface area contributed by atoms with Crippen LogP contribution in [0.4, 0.5) is 0 Å². The Bertz CT molecular complexity index is 671. The lowest BCUT2D eigenvalue weighted by Gasteiger charge is -2.13. The monoisotopic (exact) mass is 472 g/mol. The van der Waals surface area contributed by atoms with Crippen molar-refractivity contribution in [3.05, 3.63) is 70.2 Å². The van der Waals surface area contributed by atoms with E-state index in [9.17, 15) is 0 Å². The van der Waals surface area contributed by atoms with Crippen molar-refractivity contribution in [3.8, 4) is 0 Å². The van der Waals surface area contributed by atoms with Gasteiger partial charge < -0.3 is 15.5 Å². The molecule has 0 unspecified atom stereocenters. The van der Waals surface area contributed by atoms with Gasteiger partial charge in [0.1, 0.15) is 0 Å². The van der Waals surface area contributed by atoms with E-state index in [0.717, 1.165) is 29.6 Å². The van der Waals surface area contributed by atoms with Gasteiger partial charge in [-0.1, -0.05) is 54.1 Å². The molecule has 0 saturated heterocycles. The standard InChI is InChI=1S/C19H25ClN4.HI/c1-21-19(23-13-17-6-4-5-7-18(17)20)22-12-15-8-10-16(11-9-15)14-24(2)3;/h4-11H,12-14H2,1-3H3,(H2,21,22,23);1H. The van der Waals surface area contributed by atoms with Gasteiger partial charge in [-0.2, -0.15) is 0 Å². The highest BCUT2D eigenvalue weighted by molar-refractivity contribution is 14.0. The number of guanidine groups is 1. The molecule has 2 aromatic carbocycles. The average molecular weight is 473 g/mol. The number of nitrogens with zero attached hydrogens (tertiary/aromatic N) is 2. The third kappa shape index (κ3) is 7.63. The minimum absolute atomic E-state index is 0. The first kappa shape index (κ1) is 21.7. The van der Waals surface area contributed by atoms with Gasteiger partial charge in [0.15, 0.2) is 5.96 Å². The lowest BCUT2D eigenvalue weighted by Crippen LogP contribution is -2.36. The molecule has 0 heterocycles. The molecule has 2 rings (SSSR count). The van der Waals surface area contributed by atoms with Gasteiger partial charge in [-0.05, 0) is 36.9 Å². The van der Waals surface area contributed by atoms with Crippen LogP contribution in [0.1, 0.15) is 16.7 Å². The molecule has 0 aliphatic carbocycles. The quantitative estimate of drug-likeness (QED) is 0.381. The predicted molar refractivity (Wildman–Crippen MR) is 118 cm³/mol. The molecule has 25 heavy (non-hydrogen) atoms. The maximum absolute atomic E-state index is 6.17. The van der Waals surface area contributed by atoms with Crippen molar-refractivity contribution in [1.82, 2.24) is 15.5 Å². The van der Waals surface area contributed by atoms with E-state index in [1.807, 2.05) is 24.3 Å². The summed E-state index contributed by atoms with van der Waals surface area (Å²) >= 11 is 6.17. The fourth-order valence-corrected chi connectivity index (χ4v) is 2.56. The lowest BCUT2D eigenvalue weighted by molar-refractivity contribution is 0.402. The summed E-state index contributed by atoms with van der Waals surface area (Å²) in [6.45, 7) is 2.32. The summed E-state index contributed by atoms with van der Waals surface area (Å²) in [6, 6.07) is 16.4. The Morgan fingerprint density at radius 3 is 2.16 bits per heavy atom. The summed E-state index contributed by atoms with van der Waals surface area (Å²) in [5.74, 6) is 0.757. The van der Waals surface area contributed by atoms with E-state index >= 15 is 0 Å². The first-order valence-corrected chi connectivity index (χ1v) is 8.36. The highest BCUT2D eigenvalue weighted by atomic mass is 127. The Balaban J connectivity index is 0.00000312. The number of hydrogen-bond acceptors (Lipinski definition) is 2. The third-order valence-electron chi connectivity index (χ3n) is 3.61. The molecule has 0 aliphatic rings. The number of halogens is 2. The van der Waals surface area contributed by atoms with Crippen LogP contribution in [0.25, 0.3) is 0 Å². The normalized spacial score (nSPS) is 11.2. The molecular weight excluding hydrogens is 447 g/mol. The second-order valence-electron chi connectivity index (χ2n) is 5.93. The predicted octanol–water partition coefficient (Wildman–Crippen LogP) is 3.88. The van der Waals surface area contributed by atoms with Crippen molar-refractivity contribution < 1.29 is 0 Å². The Kier molecular flexibility index (Phi) is 9.85. The summed E-state index contributed by atoms with van der Waals surface area (Å²) in [4.78, 5) is 6.41. The van der Waals surface area contributed by atoms with Gasteiger partial charge in [0, 0.05) is 31.7 Å². The van der Waals surface area contributed by atoms with Crippen molar-refractivity contribution in [2.45, 2.75) is 19.6 Å². The number of rotatable bonds is 6. The van der Waals surface area contributed by atoms with Crippen LogP contribution in [0.15, 0.2) is 53.5 Å². The van der Waals surface area contributed by atoms with E-state index in [4.69, 9.17) is 11.6 Å². The van der Waals surface area contributed by atoms with Crippen LogP contribution >= 0.6 is 35.6 Å². The van der Waals surface area contributed by atoms with Crippen molar-refractivity contribution in [2.24, 2.45) is 4.99 Å². The molecule has 2 N–H and O–H groups in total. The zero-order valence-corrected chi connectivity index (χ0v) is 18.0. The van der Waals surface area contributed by atoms with E-state index in [1.54, 1.807) is 7.05 Å². The van der Waals surface area contributed by atoms with E-state index in [1.165, 1.54) is 11.1 Å². The molecule has 4 nitrogen and oxygen atoms in total. The second-order valence-corrected chi connectivity index (χ2v) is 6.33. The first-order chi connectivity index (χ1) is 11.6. The van der Waals surface area contributed by atoms with Gasteiger partial charge in [0.25, 0.3) is 0 Å². The van der Waals surface area contributed by atoms with Gasteiger partial charge in [-0.25, -0.2) is 0 Å². The minimum atomic E-state index is 0. The Morgan fingerprint density at radius 2 is 1.56 bits per heavy atom. The molecule has 136 valence electrons. The van der Waals surface area contributed by atoms with Crippen LogP contribution in [0.3, 0.4) is 0 Å². The topological polar surface area (TPSA) is 39.7 Å². The van der Waals surface area contributed by atoms with Gasteiger partial charge >= 0.3 is 0 Å². The molecule has 0 atom stereocenters. The molecule has 0 bridgehead atoms. The number of benzene rings is 2. The van der Waals surface area contributed by atoms with Gasteiger partial charge in [-0.15, -0.1) is 24.0 Å². The molecule has 0 aromatic heterocycles. The van der Waals surface area contributed by atoms with E-state index < -0.39 is 0 Å². The highest BCUT2D eigenvalue weighted by Gasteiger charge is 2.02. The number of nitrogens with one attached hydrogen (secondary N) is 2. The Labute approximate surface area is 172 Å². The van der Waals surface area contributed by atoms with Crippen LogP contribution < -0.4 is 10.6 Å². The number of hydrogen-bond donors (Lipinski definition) is 2. The van der Waals surface area contributed by atoms with Crippen LogP contribution in [-0.2, 0) is 19.6 Å². The van der Waals surface area contributed by atoms with Crippen LogP contribution in [0, 0.1) is 0 Å². The molecule has 0 spiro atoms. The van der Waals surface area contributed by atoms with Crippen molar-refractivity contribution in [1.29, 1.82) is 0 Å². The molecule has 2 aromatic rings. The summed E-state index contributed by atoms with van der Waals surface area (Å²) in [7, 11) is 5.91. The molecule has 0 aliphatic heterocycles. The van der Waals surface area contributed by atoms with Crippen molar-refractivity contribution >= 4 is 41.5 Å². The highest BCUT2D eigenvalue weighted by Crippen LogP contribution is 2.14. The SMILES string of the molecule is CN=C(NCc1ccc(CN(C)C)cc1)NCc1ccccc1Cl.I. The molecule has 6 heteroatoms. The van der Waals surface area contributed by atoms with E-state index in [-0.39, 0.29) is 24.0 Å². The fourth-order valence-electron chi connectivity index (χ4n) is 2.35. The first-order valence-electron chi connectivity index (χ1n) is 7.99. The summed E-state index contributed by atoms with van der Waals surface area (Å²) in [5, 5.41) is 7.36. The minimum Gasteiger partial charge on any atom is -0.352 e. The third-order valence-corrected chi connectivity index (χ3v) is 3.98. The average Bonchev–Trinajstić information content (AvgIpc) is 2.57. The summed E-state index contributed by atoms with van der Waals surface area (Å²) < 4.78 is 0. The largest absolute Gasteiger partial charge is 0.352 e. The Hall–Kier alpha value is -1.31. The van der Waals surface area contributed by atoms with Crippen molar-refractivity contribution in [3.63, 3.8) is 0 Å².